The standard InChI is InChI=1S/C17H12N4O3/c22-16(12-5-3-9-18-11-12)13-6-1-2-7-14(13)20-17-15(21(23)24)8-4-10-19-17/h1-11H,(H,19,20). The summed E-state index contributed by atoms with van der Waals surface area (Å²) in [6, 6.07) is 12.9. The molecule has 1 N–H and O–H groups in total. The van der Waals surface area contributed by atoms with Crippen molar-refractivity contribution in [2.24, 2.45) is 0 Å². The minimum atomic E-state index is -0.527. The summed E-state index contributed by atoms with van der Waals surface area (Å²) in [6.45, 7) is 0. The third kappa shape index (κ3) is 3.09. The Bertz CT molecular complexity index is 897. The molecular formula is C17H12N4O3. The molecule has 0 aliphatic rings. The Morgan fingerprint density at radius 2 is 1.83 bits per heavy atom. The Morgan fingerprint density at radius 3 is 2.58 bits per heavy atom. The van der Waals surface area contributed by atoms with E-state index in [4.69, 9.17) is 0 Å². The predicted molar refractivity (Wildman–Crippen MR) is 88.3 cm³/mol. The van der Waals surface area contributed by atoms with Crippen molar-refractivity contribution in [1.29, 1.82) is 0 Å². The third-order valence-electron chi connectivity index (χ3n) is 3.33. The molecule has 0 radical (unpaired) electrons. The molecule has 0 bridgehead atoms. The highest BCUT2D eigenvalue weighted by molar-refractivity contribution is 6.12. The summed E-state index contributed by atoms with van der Waals surface area (Å²) in [6.07, 6.45) is 4.50. The topological polar surface area (TPSA) is 98.0 Å². The first kappa shape index (κ1) is 15.3. The van der Waals surface area contributed by atoms with E-state index in [-0.39, 0.29) is 17.3 Å². The fourth-order valence-corrected chi connectivity index (χ4v) is 2.21. The van der Waals surface area contributed by atoms with Crippen LogP contribution >= 0.6 is 0 Å². The Hall–Kier alpha value is -3.61. The van der Waals surface area contributed by atoms with Gasteiger partial charge in [-0.2, -0.15) is 0 Å². The van der Waals surface area contributed by atoms with Gasteiger partial charge in [0.15, 0.2) is 5.78 Å². The van der Waals surface area contributed by atoms with Crippen molar-refractivity contribution in [2.45, 2.75) is 0 Å². The van der Waals surface area contributed by atoms with E-state index in [1.54, 1.807) is 42.6 Å². The van der Waals surface area contributed by atoms with Crippen LogP contribution in [0.2, 0.25) is 0 Å². The molecule has 0 saturated heterocycles. The molecule has 1 aromatic carbocycles. The molecule has 0 fully saturated rings. The van der Waals surface area contributed by atoms with Crippen LogP contribution in [0.25, 0.3) is 0 Å². The summed E-state index contributed by atoms with van der Waals surface area (Å²) < 4.78 is 0. The molecule has 0 unspecified atom stereocenters. The van der Waals surface area contributed by atoms with E-state index in [0.717, 1.165) is 0 Å². The van der Waals surface area contributed by atoms with Gasteiger partial charge in [-0.05, 0) is 30.3 Å². The van der Waals surface area contributed by atoms with Gasteiger partial charge in [0.2, 0.25) is 5.82 Å². The van der Waals surface area contributed by atoms with Crippen molar-refractivity contribution in [2.75, 3.05) is 5.32 Å². The Morgan fingerprint density at radius 1 is 1.04 bits per heavy atom. The van der Waals surface area contributed by atoms with Crippen molar-refractivity contribution >= 4 is 23.0 Å². The maximum Gasteiger partial charge on any atom is 0.311 e. The maximum atomic E-state index is 12.6. The SMILES string of the molecule is O=C(c1cccnc1)c1ccccc1Nc1ncccc1[N+](=O)[O-]. The smallest absolute Gasteiger partial charge is 0.311 e. The number of nitrogens with zero attached hydrogens (tertiary/aromatic N) is 3. The van der Waals surface area contributed by atoms with Crippen LogP contribution in [0.5, 0.6) is 0 Å². The Kier molecular flexibility index (Phi) is 4.24. The number of nitrogens with one attached hydrogen (secondary N) is 1. The molecule has 7 nitrogen and oxygen atoms in total. The highest BCUT2D eigenvalue weighted by Gasteiger charge is 2.18. The van der Waals surface area contributed by atoms with Crippen molar-refractivity contribution in [3.8, 4) is 0 Å². The van der Waals surface area contributed by atoms with Gasteiger partial charge in [-0.3, -0.25) is 19.9 Å². The van der Waals surface area contributed by atoms with Crippen LogP contribution in [0, 0.1) is 10.1 Å². The molecule has 0 spiro atoms. The minimum absolute atomic E-state index is 0.0777. The Labute approximate surface area is 137 Å². The summed E-state index contributed by atoms with van der Waals surface area (Å²) in [5.74, 6) is -0.154. The van der Waals surface area contributed by atoms with Gasteiger partial charge in [-0.1, -0.05) is 12.1 Å². The van der Waals surface area contributed by atoms with Crippen LogP contribution in [0.1, 0.15) is 15.9 Å². The summed E-state index contributed by atoms with van der Waals surface area (Å²) in [5.41, 5.74) is 1.09. The van der Waals surface area contributed by atoms with E-state index < -0.39 is 4.92 Å². The average Bonchev–Trinajstić information content (AvgIpc) is 2.62. The number of hydrogen-bond donors (Lipinski definition) is 1. The van der Waals surface area contributed by atoms with E-state index in [2.05, 4.69) is 15.3 Å². The second kappa shape index (κ2) is 6.66. The number of para-hydroxylation sites is 1. The van der Waals surface area contributed by atoms with Gasteiger partial charge in [0.25, 0.3) is 0 Å². The maximum absolute atomic E-state index is 12.6. The number of benzene rings is 1. The van der Waals surface area contributed by atoms with Gasteiger partial charge in [0.1, 0.15) is 0 Å². The van der Waals surface area contributed by atoms with Gasteiger partial charge in [-0.25, -0.2) is 4.98 Å². The lowest BCUT2D eigenvalue weighted by atomic mass is 10.0. The lowest BCUT2D eigenvalue weighted by molar-refractivity contribution is -0.384. The number of pyridine rings is 2. The molecule has 0 saturated carbocycles. The van der Waals surface area contributed by atoms with Gasteiger partial charge < -0.3 is 5.32 Å². The van der Waals surface area contributed by atoms with E-state index in [0.29, 0.717) is 16.8 Å². The number of nitro groups is 1. The lowest BCUT2D eigenvalue weighted by Gasteiger charge is -2.10. The molecule has 0 amide bonds. The highest BCUT2D eigenvalue weighted by Crippen LogP contribution is 2.27. The first-order valence-corrected chi connectivity index (χ1v) is 7.07. The number of anilines is 2. The largest absolute Gasteiger partial charge is 0.334 e. The van der Waals surface area contributed by atoms with E-state index >= 15 is 0 Å². The fraction of sp³-hybridized carbons (Fsp3) is 0. The van der Waals surface area contributed by atoms with Gasteiger partial charge >= 0.3 is 5.69 Å². The molecule has 0 aliphatic carbocycles. The summed E-state index contributed by atoms with van der Waals surface area (Å²) in [4.78, 5) is 31.1. The van der Waals surface area contributed by atoms with Crippen molar-refractivity contribution in [3.63, 3.8) is 0 Å². The number of ketones is 1. The van der Waals surface area contributed by atoms with Crippen molar-refractivity contribution in [3.05, 3.63) is 88.4 Å². The summed E-state index contributed by atoms with van der Waals surface area (Å²) in [7, 11) is 0. The molecule has 3 rings (SSSR count). The fourth-order valence-electron chi connectivity index (χ4n) is 2.21. The lowest BCUT2D eigenvalue weighted by Crippen LogP contribution is -2.07. The van der Waals surface area contributed by atoms with Crippen LogP contribution in [0.15, 0.2) is 67.1 Å². The highest BCUT2D eigenvalue weighted by atomic mass is 16.6. The molecule has 2 heterocycles. The number of carbonyl (C=O) groups excluding carboxylic acids is 1. The zero-order valence-corrected chi connectivity index (χ0v) is 12.4. The predicted octanol–water partition coefficient (Wildman–Crippen LogP) is 3.36. The van der Waals surface area contributed by atoms with E-state index in [1.165, 1.54) is 24.5 Å². The number of carbonyl (C=O) groups is 1. The summed E-state index contributed by atoms with van der Waals surface area (Å²) in [5, 5.41) is 14.0. The molecule has 7 heteroatoms. The second-order valence-corrected chi connectivity index (χ2v) is 4.87. The molecule has 0 atom stereocenters. The number of rotatable bonds is 5. The van der Waals surface area contributed by atoms with Gasteiger partial charge in [-0.15, -0.1) is 0 Å². The zero-order valence-electron chi connectivity index (χ0n) is 12.4. The quantitative estimate of drug-likeness (QED) is 0.440. The first-order chi connectivity index (χ1) is 11.7. The number of aromatic nitrogens is 2. The van der Waals surface area contributed by atoms with Crippen molar-refractivity contribution in [1.82, 2.24) is 9.97 Å². The molecule has 24 heavy (non-hydrogen) atoms. The third-order valence-corrected chi connectivity index (χ3v) is 3.33. The molecule has 3 aromatic rings. The van der Waals surface area contributed by atoms with Crippen LogP contribution < -0.4 is 5.32 Å². The van der Waals surface area contributed by atoms with Crippen LogP contribution in [-0.2, 0) is 0 Å². The normalized spacial score (nSPS) is 10.2. The first-order valence-electron chi connectivity index (χ1n) is 7.07. The Balaban J connectivity index is 1.99. The average molecular weight is 320 g/mol. The second-order valence-electron chi connectivity index (χ2n) is 4.87. The molecular weight excluding hydrogens is 308 g/mol. The van der Waals surface area contributed by atoms with Crippen LogP contribution in [-0.4, -0.2) is 20.7 Å². The van der Waals surface area contributed by atoms with Crippen LogP contribution in [0.4, 0.5) is 17.2 Å². The summed E-state index contributed by atoms with van der Waals surface area (Å²) >= 11 is 0. The van der Waals surface area contributed by atoms with Gasteiger partial charge in [0, 0.05) is 35.8 Å². The van der Waals surface area contributed by atoms with Gasteiger partial charge in [0.05, 0.1) is 10.6 Å². The van der Waals surface area contributed by atoms with E-state index in [1.807, 2.05) is 0 Å². The van der Waals surface area contributed by atoms with E-state index in [9.17, 15) is 14.9 Å². The number of hydrogen-bond acceptors (Lipinski definition) is 6. The minimum Gasteiger partial charge on any atom is -0.334 e. The molecule has 118 valence electrons. The molecule has 0 aliphatic heterocycles. The zero-order chi connectivity index (χ0) is 16.9. The monoisotopic (exact) mass is 320 g/mol. The van der Waals surface area contributed by atoms with Crippen LogP contribution in [0.3, 0.4) is 0 Å². The molecule has 2 aromatic heterocycles. The van der Waals surface area contributed by atoms with Crippen molar-refractivity contribution < 1.29 is 9.72 Å².